The molecule has 0 fully saturated rings. The third-order valence-corrected chi connectivity index (χ3v) is 5.84. The summed E-state index contributed by atoms with van der Waals surface area (Å²) in [5, 5.41) is 18.7. The molecule has 0 heterocycles. The molecule has 0 aliphatic heterocycles. The standard InChI is InChI=1S/C21H14ClN3O2S/c22-21-12-17(25-28(26,27)18-9-6-15(13-23)7-10-18)8-11-19(21)20(14-24)16-4-2-1-3-5-16/h1-12,20,25H/t20-/m1/s1. The zero-order chi connectivity index (χ0) is 20.1. The highest BCUT2D eigenvalue weighted by Gasteiger charge is 2.19. The second-order valence-corrected chi connectivity index (χ2v) is 8.04. The van der Waals surface area contributed by atoms with Gasteiger partial charge in [0.05, 0.1) is 34.2 Å². The smallest absolute Gasteiger partial charge is 0.261 e. The van der Waals surface area contributed by atoms with Gasteiger partial charge in [-0.3, -0.25) is 4.72 Å². The van der Waals surface area contributed by atoms with E-state index in [9.17, 15) is 13.7 Å². The Balaban J connectivity index is 1.88. The number of benzene rings is 3. The number of hydrogen-bond acceptors (Lipinski definition) is 4. The Bertz CT molecular complexity index is 1180. The summed E-state index contributed by atoms with van der Waals surface area (Å²) < 4.78 is 27.5. The van der Waals surface area contributed by atoms with Gasteiger partial charge >= 0.3 is 0 Å². The van der Waals surface area contributed by atoms with Crippen molar-refractivity contribution < 1.29 is 8.42 Å². The Morgan fingerprint density at radius 3 is 2.18 bits per heavy atom. The summed E-state index contributed by atoms with van der Waals surface area (Å²) in [7, 11) is -3.83. The van der Waals surface area contributed by atoms with E-state index in [4.69, 9.17) is 16.9 Å². The minimum atomic E-state index is -3.83. The van der Waals surface area contributed by atoms with Crippen LogP contribution in [0.2, 0.25) is 5.02 Å². The fraction of sp³-hybridized carbons (Fsp3) is 0.0476. The maximum atomic E-state index is 12.5. The molecule has 0 radical (unpaired) electrons. The molecule has 1 N–H and O–H groups in total. The number of nitrogens with zero attached hydrogens (tertiary/aromatic N) is 2. The Hall–Kier alpha value is -3.32. The predicted octanol–water partition coefficient (Wildman–Crippen LogP) is 4.67. The van der Waals surface area contributed by atoms with Crippen molar-refractivity contribution >= 4 is 27.3 Å². The van der Waals surface area contributed by atoms with Gasteiger partial charge in [-0.2, -0.15) is 10.5 Å². The van der Waals surface area contributed by atoms with Crippen molar-refractivity contribution in [3.63, 3.8) is 0 Å². The van der Waals surface area contributed by atoms with Gasteiger partial charge in [0.25, 0.3) is 10.0 Å². The predicted molar refractivity (Wildman–Crippen MR) is 107 cm³/mol. The molecule has 0 spiro atoms. The molecule has 28 heavy (non-hydrogen) atoms. The molecule has 0 unspecified atom stereocenters. The highest BCUT2D eigenvalue weighted by molar-refractivity contribution is 7.92. The van der Waals surface area contributed by atoms with E-state index >= 15 is 0 Å². The van der Waals surface area contributed by atoms with Gasteiger partial charge in [-0.1, -0.05) is 48.0 Å². The summed E-state index contributed by atoms with van der Waals surface area (Å²) >= 11 is 6.35. The van der Waals surface area contributed by atoms with Gasteiger partial charge in [0, 0.05) is 5.02 Å². The second kappa shape index (κ2) is 8.14. The molecular formula is C21H14ClN3O2S. The van der Waals surface area contributed by atoms with E-state index in [2.05, 4.69) is 10.8 Å². The van der Waals surface area contributed by atoms with Crippen molar-refractivity contribution in [2.75, 3.05) is 4.72 Å². The lowest BCUT2D eigenvalue weighted by atomic mass is 9.92. The van der Waals surface area contributed by atoms with E-state index in [1.165, 1.54) is 30.3 Å². The van der Waals surface area contributed by atoms with Crippen molar-refractivity contribution in [2.45, 2.75) is 10.8 Å². The highest BCUT2D eigenvalue weighted by Crippen LogP contribution is 2.32. The first kappa shape index (κ1) is 19.4. The van der Waals surface area contributed by atoms with Gasteiger partial charge in [0.1, 0.15) is 0 Å². The van der Waals surface area contributed by atoms with E-state index < -0.39 is 15.9 Å². The third-order valence-electron chi connectivity index (χ3n) is 4.12. The summed E-state index contributed by atoms with van der Waals surface area (Å²) in [5.41, 5.74) is 2.05. The molecule has 7 heteroatoms. The largest absolute Gasteiger partial charge is 0.280 e. The lowest BCUT2D eigenvalue weighted by Crippen LogP contribution is -2.13. The van der Waals surface area contributed by atoms with Crippen LogP contribution in [-0.4, -0.2) is 8.42 Å². The first-order chi connectivity index (χ1) is 13.4. The van der Waals surface area contributed by atoms with Gasteiger partial charge in [-0.15, -0.1) is 0 Å². The molecule has 0 aromatic heterocycles. The molecule has 1 atom stereocenters. The number of sulfonamides is 1. The zero-order valence-corrected chi connectivity index (χ0v) is 16.1. The van der Waals surface area contributed by atoms with E-state index in [-0.39, 0.29) is 15.6 Å². The van der Waals surface area contributed by atoms with Crippen LogP contribution in [0.25, 0.3) is 0 Å². The first-order valence-electron chi connectivity index (χ1n) is 8.21. The van der Waals surface area contributed by atoms with Crippen LogP contribution in [-0.2, 0) is 10.0 Å². The van der Waals surface area contributed by atoms with Crippen LogP contribution >= 0.6 is 11.6 Å². The summed E-state index contributed by atoms with van der Waals surface area (Å²) in [5.74, 6) is -0.558. The van der Waals surface area contributed by atoms with Crippen molar-refractivity contribution in [3.05, 3.63) is 94.5 Å². The van der Waals surface area contributed by atoms with Crippen LogP contribution in [0, 0.1) is 22.7 Å². The minimum Gasteiger partial charge on any atom is -0.280 e. The van der Waals surface area contributed by atoms with Crippen molar-refractivity contribution in [3.8, 4) is 12.1 Å². The van der Waals surface area contributed by atoms with Crippen LogP contribution in [0.15, 0.2) is 77.7 Å². The first-order valence-corrected chi connectivity index (χ1v) is 10.1. The van der Waals surface area contributed by atoms with E-state index in [0.717, 1.165) is 5.56 Å². The molecule has 0 amide bonds. The average molecular weight is 408 g/mol. The second-order valence-electron chi connectivity index (χ2n) is 5.95. The Labute approximate surface area is 168 Å². The summed E-state index contributed by atoms with van der Waals surface area (Å²) in [6.45, 7) is 0. The number of hydrogen-bond donors (Lipinski definition) is 1. The zero-order valence-electron chi connectivity index (χ0n) is 14.5. The van der Waals surface area contributed by atoms with E-state index in [1.54, 1.807) is 12.1 Å². The molecule has 3 aromatic rings. The molecular weight excluding hydrogens is 394 g/mol. The molecule has 0 aliphatic rings. The summed E-state index contributed by atoms with van der Waals surface area (Å²) in [6, 6.07) is 23.7. The van der Waals surface area contributed by atoms with E-state index in [1.807, 2.05) is 36.4 Å². The van der Waals surface area contributed by atoms with Crippen molar-refractivity contribution in [1.29, 1.82) is 10.5 Å². The molecule has 5 nitrogen and oxygen atoms in total. The van der Waals surface area contributed by atoms with Crippen molar-refractivity contribution in [1.82, 2.24) is 0 Å². The maximum Gasteiger partial charge on any atom is 0.261 e. The monoisotopic (exact) mass is 407 g/mol. The minimum absolute atomic E-state index is 0.0332. The van der Waals surface area contributed by atoms with Crippen LogP contribution in [0.4, 0.5) is 5.69 Å². The topological polar surface area (TPSA) is 93.8 Å². The molecule has 0 saturated carbocycles. The third kappa shape index (κ3) is 4.15. The van der Waals surface area contributed by atoms with Crippen LogP contribution in [0.3, 0.4) is 0 Å². The summed E-state index contributed by atoms with van der Waals surface area (Å²) in [6.07, 6.45) is 0. The molecule has 0 aliphatic carbocycles. The fourth-order valence-electron chi connectivity index (χ4n) is 2.72. The SMILES string of the molecule is N#Cc1ccc(S(=O)(=O)Nc2ccc([C@H](C#N)c3ccccc3)c(Cl)c2)cc1. The molecule has 0 bridgehead atoms. The lowest BCUT2D eigenvalue weighted by molar-refractivity contribution is 0.601. The number of nitriles is 2. The number of nitrogens with one attached hydrogen (secondary N) is 1. The summed E-state index contributed by atoms with van der Waals surface area (Å²) in [4.78, 5) is 0.0332. The molecule has 3 aromatic carbocycles. The van der Waals surface area contributed by atoms with Crippen LogP contribution < -0.4 is 4.72 Å². The van der Waals surface area contributed by atoms with Gasteiger partial charge in [-0.25, -0.2) is 8.42 Å². The number of halogens is 1. The Kier molecular flexibility index (Phi) is 5.65. The normalized spacial score (nSPS) is 11.8. The number of anilines is 1. The van der Waals surface area contributed by atoms with E-state index in [0.29, 0.717) is 11.1 Å². The highest BCUT2D eigenvalue weighted by atomic mass is 35.5. The van der Waals surface area contributed by atoms with Crippen LogP contribution in [0.1, 0.15) is 22.6 Å². The maximum absolute atomic E-state index is 12.5. The van der Waals surface area contributed by atoms with Gasteiger partial charge in [0.2, 0.25) is 0 Å². The van der Waals surface area contributed by atoms with Gasteiger partial charge in [0.15, 0.2) is 0 Å². The molecule has 138 valence electrons. The van der Waals surface area contributed by atoms with Gasteiger partial charge in [-0.05, 0) is 47.5 Å². The molecule has 3 rings (SSSR count). The quantitative estimate of drug-likeness (QED) is 0.665. The Morgan fingerprint density at radius 2 is 1.61 bits per heavy atom. The molecule has 0 saturated heterocycles. The van der Waals surface area contributed by atoms with Crippen LogP contribution in [0.5, 0.6) is 0 Å². The Morgan fingerprint density at radius 1 is 0.929 bits per heavy atom. The average Bonchev–Trinajstić information content (AvgIpc) is 2.70. The van der Waals surface area contributed by atoms with Gasteiger partial charge < -0.3 is 0 Å². The van der Waals surface area contributed by atoms with Crippen molar-refractivity contribution in [2.24, 2.45) is 0 Å². The number of rotatable bonds is 5. The lowest BCUT2D eigenvalue weighted by Gasteiger charge is -2.14. The fourth-order valence-corrected chi connectivity index (χ4v) is 4.06.